The van der Waals surface area contributed by atoms with E-state index in [4.69, 9.17) is 21.1 Å². The Morgan fingerprint density at radius 1 is 1.36 bits per heavy atom. The molecule has 2 atom stereocenters. The summed E-state index contributed by atoms with van der Waals surface area (Å²) in [6, 6.07) is 13.1. The van der Waals surface area contributed by atoms with Crippen LogP contribution in [0.25, 0.3) is 0 Å². The predicted octanol–water partition coefficient (Wildman–Crippen LogP) is 3.46. The van der Waals surface area contributed by atoms with E-state index in [1.54, 1.807) is 19.1 Å². The number of rotatable bonds is 8. The van der Waals surface area contributed by atoms with Crippen molar-refractivity contribution in [2.24, 2.45) is 0 Å². The molecule has 28 heavy (non-hydrogen) atoms. The highest BCUT2D eigenvalue weighted by Gasteiger charge is 2.20. The largest absolute Gasteiger partial charge is 0.489 e. The van der Waals surface area contributed by atoms with Gasteiger partial charge in [0.1, 0.15) is 11.9 Å². The van der Waals surface area contributed by atoms with Crippen molar-refractivity contribution in [3.8, 4) is 5.75 Å². The highest BCUT2D eigenvalue weighted by Crippen LogP contribution is 2.28. The fourth-order valence-electron chi connectivity index (χ4n) is 3.34. The molecule has 2 aromatic rings. The average Bonchev–Trinajstić information content (AvgIpc) is 2.68. The van der Waals surface area contributed by atoms with Gasteiger partial charge < -0.3 is 19.9 Å². The first kappa shape index (κ1) is 20.6. The second-order valence-electron chi connectivity index (χ2n) is 6.93. The number of esters is 1. The van der Waals surface area contributed by atoms with Crippen molar-refractivity contribution in [2.45, 2.75) is 38.4 Å². The predicted molar refractivity (Wildman–Crippen MR) is 109 cm³/mol. The molecular weight excluding hydrogens is 378 g/mol. The summed E-state index contributed by atoms with van der Waals surface area (Å²) in [5.74, 6) is 0.653. The third-order valence-corrected chi connectivity index (χ3v) is 4.99. The molecule has 0 amide bonds. The van der Waals surface area contributed by atoms with Crippen molar-refractivity contribution in [3.63, 3.8) is 0 Å². The molecule has 3 rings (SSSR count). The van der Waals surface area contributed by atoms with Crippen LogP contribution >= 0.6 is 11.6 Å². The van der Waals surface area contributed by atoms with Gasteiger partial charge in [0.05, 0.1) is 19.1 Å². The molecule has 150 valence electrons. The Balaban J connectivity index is 1.48. The van der Waals surface area contributed by atoms with Crippen LogP contribution in [-0.2, 0) is 22.4 Å². The van der Waals surface area contributed by atoms with Crippen molar-refractivity contribution in [2.75, 3.05) is 19.7 Å². The number of aliphatic hydroxyl groups excluding tert-OH is 1. The Labute approximate surface area is 170 Å². The summed E-state index contributed by atoms with van der Waals surface area (Å²) in [5, 5.41) is 14.2. The molecule has 2 unspecified atom stereocenters. The first-order valence-electron chi connectivity index (χ1n) is 9.63. The molecule has 0 radical (unpaired) electrons. The maximum Gasteiger partial charge on any atom is 0.310 e. The minimum absolute atomic E-state index is 0.0509. The highest BCUT2D eigenvalue weighted by atomic mass is 35.5. The Bertz CT molecular complexity index is 811. The number of aliphatic hydroxyl groups is 1. The summed E-state index contributed by atoms with van der Waals surface area (Å²) in [5.41, 5.74) is 2.86. The zero-order chi connectivity index (χ0) is 19.9. The smallest absolute Gasteiger partial charge is 0.310 e. The van der Waals surface area contributed by atoms with E-state index >= 15 is 0 Å². The molecule has 1 aliphatic heterocycles. The summed E-state index contributed by atoms with van der Waals surface area (Å²) in [6.45, 7) is 3.29. The molecule has 0 saturated carbocycles. The van der Waals surface area contributed by atoms with Gasteiger partial charge in [-0.05, 0) is 54.7 Å². The molecular formula is C22H26ClNO4. The normalized spacial score (nSPS) is 16.8. The summed E-state index contributed by atoms with van der Waals surface area (Å²) in [4.78, 5) is 11.6. The molecule has 0 spiro atoms. The van der Waals surface area contributed by atoms with Gasteiger partial charge in [0.2, 0.25) is 0 Å². The van der Waals surface area contributed by atoms with E-state index in [2.05, 4.69) is 5.32 Å². The maximum absolute atomic E-state index is 11.6. The van der Waals surface area contributed by atoms with E-state index in [0.717, 1.165) is 35.3 Å². The Morgan fingerprint density at radius 2 is 2.21 bits per heavy atom. The van der Waals surface area contributed by atoms with Crippen LogP contribution in [-0.4, -0.2) is 36.9 Å². The van der Waals surface area contributed by atoms with Crippen LogP contribution in [0.15, 0.2) is 42.5 Å². The van der Waals surface area contributed by atoms with Gasteiger partial charge in [0.25, 0.3) is 0 Å². The fourth-order valence-corrected chi connectivity index (χ4v) is 3.54. The van der Waals surface area contributed by atoms with Gasteiger partial charge in [-0.25, -0.2) is 0 Å². The molecule has 5 nitrogen and oxygen atoms in total. The van der Waals surface area contributed by atoms with Crippen molar-refractivity contribution in [3.05, 3.63) is 64.2 Å². The van der Waals surface area contributed by atoms with Crippen LogP contribution in [0.1, 0.15) is 36.1 Å². The Morgan fingerprint density at radius 3 is 3.00 bits per heavy atom. The first-order valence-corrected chi connectivity index (χ1v) is 10.0. The Hall–Kier alpha value is -2.08. The third kappa shape index (κ3) is 5.71. The lowest BCUT2D eigenvalue weighted by atomic mass is 9.99. The zero-order valence-electron chi connectivity index (χ0n) is 16.0. The van der Waals surface area contributed by atoms with Gasteiger partial charge >= 0.3 is 5.97 Å². The molecule has 1 aliphatic rings. The minimum atomic E-state index is -0.611. The summed E-state index contributed by atoms with van der Waals surface area (Å²) >= 11 is 5.97. The number of aryl methyl sites for hydroxylation is 1. The van der Waals surface area contributed by atoms with Crippen molar-refractivity contribution >= 4 is 17.6 Å². The maximum atomic E-state index is 11.6. The van der Waals surface area contributed by atoms with Crippen molar-refractivity contribution in [1.29, 1.82) is 0 Å². The second kappa shape index (κ2) is 9.92. The van der Waals surface area contributed by atoms with E-state index < -0.39 is 6.10 Å². The number of hydrogen-bond acceptors (Lipinski definition) is 5. The number of halogens is 1. The molecule has 0 fully saturated rings. The number of benzene rings is 2. The van der Waals surface area contributed by atoms with Gasteiger partial charge in [-0.15, -0.1) is 0 Å². The van der Waals surface area contributed by atoms with E-state index in [9.17, 15) is 9.90 Å². The van der Waals surface area contributed by atoms with Crippen LogP contribution in [0.2, 0.25) is 5.02 Å². The van der Waals surface area contributed by atoms with Crippen LogP contribution in [0.4, 0.5) is 0 Å². The number of nitrogens with one attached hydrogen (secondary N) is 1. The average molecular weight is 404 g/mol. The van der Waals surface area contributed by atoms with Crippen LogP contribution in [0, 0.1) is 0 Å². The summed E-state index contributed by atoms with van der Waals surface area (Å²) in [7, 11) is 0. The van der Waals surface area contributed by atoms with Crippen molar-refractivity contribution < 1.29 is 19.4 Å². The lowest BCUT2D eigenvalue weighted by Crippen LogP contribution is -2.36. The number of carbonyl (C=O) groups is 1. The second-order valence-corrected chi connectivity index (χ2v) is 7.37. The van der Waals surface area contributed by atoms with Gasteiger partial charge in [0.15, 0.2) is 0 Å². The van der Waals surface area contributed by atoms with Crippen LogP contribution in [0.3, 0.4) is 0 Å². The summed E-state index contributed by atoms with van der Waals surface area (Å²) < 4.78 is 11.1. The van der Waals surface area contributed by atoms with Crippen LogP contribution in [0.5, 0.6) is 5.75 Å². The van der Waals surface area contributed by atoms with Gasteiger partial charge in [-0.2, -0.15) is 0 Å². The zero-order valence-corrected chi connectivity index (χ0v) is 16.7. The molecule has 0 saturated heterocycles. The lowest BCUT2D eigenvalue weighted by Gasteiger charge is -2.27. The molecule has 0 aliphatic carbocycles. The lowest BCUT2D eigenvalue weighted by molar-refractivity contribution is -0.142. The topological polar surface area (TPSA) is 67.8 Å². The molecule has 1 heterocycles. The van der Waals surface area contributed by atoms with E-state index in [0.29, 0.717) is 24.7 Å². The van der Waals surface area contributed by atoms with Gasteiger partial charge in [0, 0.05) is 18.1 Å². The molecule has 0 bridgehead atoms. The first-order chi connectivity index (χ1) is 13.5. The van der Waals surface area contributed by atoms with Crippen LogP contribution < -0.4 is 10.1 Å². The minimum Gasteiger partial charge on any atom is -0.489 e. The monoisotopic (exact) mass is 403 g/mol. The van der Waals surface area contributed by atoms with Gasteiger partial charge in [-0.1, -0.05) is 35.9 Å². The molecule has 2 aromatic carbocycles. The summed E-state index contributed by atoms with van der Waals surface area (Å²) in [6.07, 6.45) is 1.51. The SMILES string of the molecule is CCOC(=O)Cc1ccc2c(c1)CCC(CNCC(O)c1cccc(Cl)c1)O2. The van der Waals surface area contributed by atoms with E-state index in [1.807, 2.05) is 30.3 Å². The standard InChI is InChI=1S/C22H26ClNO4/c1-2-27-22(26)11-15-6-9-21-17(10-15)7-8-19(28-21)13-24-14-20(25)16-4-3-5-18(23)12-16/h3-6,9-10,12,19-20,24-25H,2,7-8,11,13-14H2,1H3. The number of hydrogen-bond donors (Lipinski definition) is 2. The highest BCUT2D eigenvalue weighted by molar-refractivity contribution is 6.30. The fraction of sp³-hybridized carbons (Fsp3) is 0.409. The van der Waals surface area contributed by atoms with Crippen molar-refractivity contribution in [1.82, 2.24) is 5.32 Å². The number of carbonyl (C=O) groups excluding carboxylic acids is 1. The van der Waals surface area contributed by atoms with E-state index in [1.165, 1.54) is 0 Å². The molecule has 6 heteroatoms. The Kier molecular flexibility index (Phi) is 7.31. The molecule has 2 N–H and O–H groups in total. The quantitative estimate of drug-likeness (QED) is 0.660. The van der Waals surface area contributed by atoms with Gasteiger partial charge in [-0.3, -0.25) is 4.79 Å². The third-order valence-electron chi connectivity index (χ3n) is 4.75. The van der Waals surface area contributed by atoms with E-state index in [-0.39, 0.29) is 18.5 Å². The number of fused-ring (bicyclic) bond motifs is 1. The number of ether oxygens (including phenoxy) is 2. The molecule has 0 aromatic heterocycles.